The minimum atomic E-state index is 1.13. The van der Waals surface area contributed by atoms with Crippen LogP contribution in [0.2, 0.25) is 0 Å². The van der Waals surface area contributed by atoms with Crippen LogP contribution in [0.4, 0.5) is 0 Å². The van der Waals surface area contributed by atoms with E-state index in [-0.39, 0.29) is 0 Å². The molecule has 0 aliphatic heterocycles. The van der Waals surface area contributed by atoms with Gasteiger partial charge < -0.3 is 5.32 Å². The average molecular weight is 169 g/mol. The SMILES string of the molecule is CCCCNCCCCC1CC1. The standard InChI is InChI=1S/C11H23N/c1-2-3-9-12-10-5-4-6-11-7-8-11/h11-12H,2-10H2,1H3. The molecule has 12 heavy (non-hydrogen) atoms. The van der Waals surface area contributed by atoms with Crippen LogP contribution < -0.4 is 5.32 Å². The van der Waals surface area contributed by atoms with Crippen molar-refractivity contribution in [1.82, 2.24) is 5.32 Å². The van der Waals surface area contributed by atoms with Crippen LogP contribution in [0.25, 0.3) is 0 Å². The van der Waals surface area contributed by atoms with E-state index in [0.717, 1.165) is 5.92 Å². The van der Waals surface area contributed by atoms with Gasteiger partial charge in [-0.05, 0) is 31.8 Å². The summed E-state index contributed by atoms with van der Waals surface area (Å²) in [5, 5.41) is 3.48. The normalized spacial score (nSPS) is 16.8. The van der Waals surface area contributed by atoms with Crippen LogP contribution in [0.3, 0.4) is 0 Å². The van der Waals surface area contributed by atoms with Crippen LogP contribution in [0.15, 0.2) is 0 Å². The van der Waals surface area contributed by atoms with E-state index in [2.05, 4.69) is 12.2 Å². The fraction of sp³-hybridized carbons (Fsp3) is 1.00. The molecule has 0 aromatic carbocycles. The summed E-state index contributed by atoms with van der Waals surface area (Å²) >= 11 is 0. The Hall–Kier alpha value is -0.0400. The Morgan fingerprint density at radius 1 is 1.08 bits per heavy atom. The van der Waals surface area contributed by atoms with E-state index < -0.39 is 0 Å². The van der Waals surface area contributed by atoms with Crippen molar-refractivity contribution in [3.63, 3.8) is 0 Å². The summed E-state index contributed by atoms with van der Waals surface area (Å²) in [6, 6.07) is 0. The van der Waals surface area contributed by atoms with Gasteiger partial charge in [0.1, 0.15) is 0 Å². The van der Waals surface area contributed by atoms with Gasteiger partial charge in [0.05, 0.1) is 0 Å². The van der Waals surface area contributed by atoms with E-state index in [1.54, 1.807) is 0 Å². The first-order valence-corrected chi connectivity index (χ1v) is 5.64. The highest BCUT2D eigenvalue weighted by atomic mass is 14.8. The van der Waals surface area contributed by atoms with E-state index in [0.29, 0.717) is 0 Å². The smallest absolute Gasteiger partial charge is 0.00489 e. The number of hydrogen-bond donors (Lipinski definition) is 1. The zero-order valence-corrected chi connectivity index (χ0v) is 8.44. The van der Waals surface area contributed by atoms with Gasteiger partial charge in [0.15, 0.2) is 0 Å². The molecule has 1 aliphatic carbocycles. The lowest BCUT2D eigenvalue weighted by Gasteiger charge is -2.02. The predicted octanol–water partition coefficient (Wildman–Crippen LogP) is 2.96. The van der Waals surface area contributed by atoms with Gasteiger partial charge in [-0.25, -0.2) is 0 Å². The molecule has 0 spiro atoms. The zero-order valence-electron chi connectivity index (χ0n) is 8.44. The fourth-order valence-electron chi connectivity index (χ4n) is 1.52. The third-order valence-corrected chi connectivity index (χ3v) is 2.62. The topological polar surface area (TPSA) is 12.0 Å². The Balaban J connectivity index is 1.65. The molecule has 72 valence electrons. The molecule has 1 nitrogen and oxygen atoms in total. The molecule has 0 saturated heterocycles. The molecule has 0 amide bonds. The monoisotopic (exact) mass is 169 g/mol. The molecule has 0 unspecified atom stereocenters. The van der Waals surface area contributed by atoms with Crippen molar-refractivity contribution < 1.29 is 0 Å². The fourth-order valence-corrected chi connectivity index (χ4v) is 1.52. The summed E-state index contributed by atoms with van der Waals surface area (Å²) in [5.41, 5.74) is 0. The highest BCUT2D eigenvalue weighted by molar-refractivity contribution is 4.72. The molecule has 1 heteroatoms. The van der Waals surface area contributed by atoms with Gasteiger partial charge in [-0.2, -0.15) is 0 Å². The summed E-state index contributed by atoms with van der Waals surface area (Å²) < 4.78 is 0. The Kier molecular flexibility index (Phi) is 5.42. The predicted molar refractivity (Wildman–Crippen MR) is 54.4 cm³/mol. The Labute approximate surface area is 76.9 Å². The van der Waals surface area contributed by atoms with Gasteiger partial charge in [0, 0.05) is 0 Å². The van der Waals surface area contributed by atoms with Gasteiger partial charge in [-0.1, -0.05) is 39.0 Å². The van der Waals surface area contributed by atoms with Gasteiger partial charge in [0.2, 0.25) is 0 Å². The molecule has 0 aromatic rings. The first-order valence-electron chi connectivity index (χ1n) is 5.64. The molecule has 0 heterocycles. The lowest BCUT2D eigenvalue weighted by molar-refractivity contribution is 0.568. The first kappa shape index (κ1) is 10.0. The van der Waals surface area contributed by atoms with Crippen molar-refractivity contribution in [2.75, 3.05) is 13.1 Å². The van der Waals surface area contributed by atoms with E-state index in [9.17, 15) is 0 Å². The van der Waals surface area contributed by atoms with Crippen LogP contribution in [0.1, 0.15) is 51.9 Å². The largest absolute Gasteiger partial charge is 0.317 e. The number of hydrogen-bond acceptors (Lipinski definition) is 1. The van der Waals surface area contributed by atoms with Crippen LogP contribution in [-0.4, -0.2) is 13.1 Å². The molecular formula is C11H23N. The Morgan fingerprint density at radius 3 is 2.50 bits per heavy atom. The summed E-state index contributed by atoms with van der Waals surface area (Å²) in [4.78, 5) is 0. The molecule has 1 N–H and O–H groups in total. The van der Waals surface area contributed by atoms with E-state index in [4.69, 9.17) is 0 Å². The minimum Gasteiger partial charge on any atom is -0.317 e. The van der Waals surface area contributed by atoms with Crippen molar-refractivity contribution in [2.45, 2.75) is 51.9 Å². The number of nitrogens with one attached hydrogen (secondary N) is 1. The highest BCUT2D eigenvalue weighted by Gasteiger charge is 2.19. The maximum atomic E-state index is 3.48. The van der Waals surface area contributed by atoms with Crippen molar-refractivity contribution in [3.05, 3.63) is 0 Å². The lowest BCUT2D eigenvalue weighted by atomic mass is 10.2. The second-order valence-corrected chi connectivity index (χ2v) is 4.04. The van der Waals surface area contributed by atoms with Crippen LogP contribution in [-0.2, 0) is 0 Å². The molecule has 1 aliphatic rings. The van der Waals surface area contributed by atoms with E-state index in [1.165, 1.54) is 58.0 Å². The molecule has 0 radical (unpaired) electrons. The van der Waals surface area contributed by atoms with Crippen LogP contribution in [0, 0.1) is 5.92 Å². The third-order valence-electron chi connectivity index (χ3n) is 2.62. The molecular weight excluding hydrogens is 146 g/mol. The quantitative estimate of drug-likeness (QED) is 0.551. The zero-order chi connectivity index (χ0) is 8.65. The first-order chi connectivity index (χ1) is 5.93. The van der Waals surface area contributed by atoms with E-state index in [1.807, 2.05) is 0 Å². The summed E-state index contributed by atoms with van der Waals surface area (Å²) in [7, 11) is 0. The number of rotatable bonds is 8. The van der Waals surface area contributed by atoms with Crippen molar-refractivity contribution in [3.8, 4) is 0 Å². The second-order valence-electron chi connectivity index (χ2n) is 4.04. The van der Waals surface area contributed by atoms with Crippen LogP contribution in [0.5, 0.6) is 0 Å². The average Bonchev–Trinajstić information content (AvgIpc) is 2.87. The Morgan fingerprint density at radius 2 is 1.83 bits per heavy atom. The van der Waals surface area contributed by atoms with Gasteiger partial charge >= 0.3 is 0 Å². The van der Waals surface area contributed by atoms with Gasteiger partial charge in [-0.15, -0.1) is 0 Å². The molecule has 0 atom stereocenters. The molecule has 1 saturated carbocycles. The maximum Gasteiger partial charge on any atom is -0.00489 e. The van der Waals surface area contributed by atoms with Crippen molar-refractivity contribution >= 4 is 0 Å². The van der Waals surface area contributed by atoms with E-state index >= 15 is 0 Å². The Bertz CT molecular complexity index is 97.2. The maximum absolute atomic E-state index is 3.48. The molecule has 0 bridgehead atoms. The molecule has 0 aromatic heterocycles. The van der Waals surface area contributed by atoms with Gasteiger partial charge in [0.25, 0.3) is 0 Å². The van der Waals surface area contributed by atoms with Crippen molar-refractivity contribution in [2.24, 2.45) is 5.92 Å². The van der Waals surface area contributed by atoms with Gasteiger partial charge in [-0.3, -0.25) is 0 Å². The highest BCUT2D eigenvalue weighted by Crippen LogP contribution is 2.33. The summed E-state index contributed by atoms with van der Waals surface area (Å²) in [6.45, 7) is 4.71. The second kappa shape index (κ2) is 6.47. The number of unbranched alkanes of at least 4 members (excludes halogenated alkanes) is 2. The summed E-state index contributed by atoms with van der Waals surface area (Å²) in [6.07, 6.45) is 10.0. The van der Waals surface area contributed by atoms with Crippen molar-refractivity contribution in [1.29, 1.82) is 0 Å². The lowest BCUT2D eigenvalue weighted by Crippen LogP contribution is -2.16. The summed E-state index contributed by atoms with van der Waals surface area (Å²) in [5.74, 6) is 1.13. The minimum absolute atomic E-state index is 1.13. The van der Waals surface area contributed by atoms with Crippen LogP contribution >= 0.6 is 0 Å². The third kappa shape index (κ3) is 5.59. The molecule has 1 fully saturated rings. The molecule has 1 rings (SSSR count).